The summed E-state index contributed by atoms with van der Waals surface area (Å²) in [6, 6.07) is 22.1. The number of para-hydroxylation sites is 1. The molecule has 0 saturated heterocycles. The number of hydrogen-bond acceptors (Lipinski definition) is 3. The predicted molar refractivity (Wildman–Crippen MR) is 107 cm³/mol. The van der Waals surface area contributed by atoms with Gasteiger partial charge in [-0.15, -0.1) is 0 Å². The zero-order valence-corrected chi connectivity index (χ0v) is 14.7. The summed E-state index contributed by atoms with van der Waals surface area (Å²) in [7, 11) is 0. The van der Waals surface area contributed by atoms with Gasteiger partial charge in [0.15, 0.2) is 0 Å². The number of amides is 2. The zero-order chi connectivity index (χ0) is 18.6. The van der Waals surface area contributed by atoms with Crippen LogP contribution >= 0.6 is 0 Å². The minimum absolute atomic E-state index is 0.320. The Hall–Kier alpha value is -3.73. The van der Waals surface area contributed by atoms with E-state index in [2.05, 4.69) is 10.6 Å². The Morgan fingerprint density at radius 1 is 0.926 bits per heavy atom. The molecule has 2 amide bonds. The Kier molecular flexibility index (Phi) is 4.49. The number of carbonyl (C=O) groups is 1. The van der Waals surface area contributed by atoms with Crippen molar-refractivity contribution in [2.75, 3.05) is 10.6 Å². The van der Waals surface area contributed by atoms with Gasteiger partial charge in [-0.05, 0) is 61.0 Å². The van der Waals surface area contributed by atoms with Crippen LogP contribution in [0.1, 0.15) is 5.56 Å². The first-order chi connectivity index (χ1) is 13.2. The molecule has 0 atom stereocenters. The average Bonchev–Trinajstić information content (AvgIpc) is 3.15. The van der Waals surface area contributed by atoms with Crippen LogP contribution < -0.4 is 15.4 Å². The van der Waals surface area contributed by atoms with E-state index in [4.69, 9.17) is 9.15 Å². The first kappa shape index (κ1) is 16.7. The van der Waals surface area contributed by atoms with Crippen LogP contribution in [0.3, 0.4) is 0 Å². The third kappa shape index (κ3) is 3.77. The Balaban J connectivity index is 1.45. The lowest BCUT2D eigenvalue weighted by molar-refractivity contribution is 0.262. The molecule has 0 fully saturated rings. The first-order valence-corrected chi connectivity index (χ1v) is 8.57. The SMILES string of the molecule is Cc1cc(NC(=O)Nc2cccc3occc23)ccc1Oc1ccccc1. The minimum atomic E-state index is -0.320. The highest BCUT2D eigenvalue weighted by atomic mass is 16.5. The number of nitrogens with one attached hydrogen (secondary N) is 2. The monoisotopic (exact) mass is 358 g/mol. The summed E-state index contributed by atoms with van der Waals surface area (Å²) < 4.78 is 11.2. The Morgan fingerprint density at radius 2 is 1.78 bits per heavy atom. The van der Waals surface area contributed by atoms with E-state index in [1.54, 1.807) is 6.26 Å². The molecule has 0 radical (unpaired) electrons. The van der Waals surface area contributed by atoms with E-state index in [9.17, 15) is 4.79 Å². The average molecular weight is 358 g/mol. The lowest BCUT2D eigenvalue weighted by Crippen LogP contribution is -2.19. The Labute approximate surface area is 156 Å². The van der Waals surface area contributed by atoms with Crippen LogP contribution in [0.25, 0.3) is 11.0 Å². The highest BCUT2D eigenvalue weighted by Crippen LogP contribution is 2.28. The quantitative estimate of drug-likeness (QED) is 0.458. The molecule has 2 N–H and O–H groups in total. The van der Waals surface area contributed by atoms with Crippen molar-refractivity contribution in [3.05, 3.63) is 84.6 Å². The van der Waals surface area contributed by atoms with Crippen LogP contribution in [0.2, 0.25) is 0 Å². The molecule has 4 aromatic rings. The Bertz CT molecular complexity index is 1090. The summed E-state index contributed by atoms with van der Waals surface area (Å²) in [5, 5.41) is 6.55. The molecule has 27 heavy (non-hydrogen) atoms. The van der Waals surface area contributed by atoms with Gasteiger partial charge in [-0.3, -0.25) is 0 Å². The highest BCUT2D eigenvalue weighted by molar-refractivity contribution is 6.05. The summed E-state index contributed by atoms with van der Waals surface area (Å²) in [4.78, 5) is 12.4. The summed E-state index contributed by atoms with van der Waals surface area (Å²) in [6.45, 7) is 1.94. The molecular weight excluding hydrogens is 340 g/mol. The van der Waals surface area contributed by atoms with Crippen LogP contribution in [0, 0.1) is 6.92 Å². The number of hydrogen-bond donors (Lipinski definition) is 2. The molecule has 4 rings (SSSR count). The molecule has 5 nitrogen and oxygen atoms in total. The standard InChI is InChI=1S/C22H18N2O3/c1-15-14-16(10-11-20(15)27-17-6-3-2-4-7-17)23-22(25)24-19-8-5-9-21-18(19)12-13-26-21/h2-14H,1H3,(H2,23,24,25). The van der Waals surface area contributed by atoms with Crippen molar-refractivity contribution in [3.63, 3.8) is 0 Å². The molecule has 134 valence electrons. The second-order valence-electron chi connectivity index (χ2n) is 6.11. The van der Waals surface area contributed by atoms with E-state index in [1.165, 1.54) is 0 Å². The van der Waals surface area contributed by atoms with Crippen molar-refractivity contribution in [3.8, 4) is 11.5 Å². The van der Waals surface area contributed by atoms with Crippen molar-refractivity contribution < 1.29 is 13.9 Å². The van der Waals surface area contributed by atoms with Crippen molar-refractivity contribution in [2.24, 2.45) is 0 Å². The molecule has 0 aliphatic rings. The summed E-state index contributed by atoms with van der Waals surface area (Å²) in [5.74, 6) is 1.52. The zero-order valence-electron chi connectivity index (χ0n) is 14.7. The van der Waals surface area contributed by atoms with E-state index in [0.717, 1.165) is 28.0 Å². The number of carbonyl (C=O) groups excluding carboxylic acids is 1. The molecule has 0 spiro atoms. The van der Waals surface area contributed by atoms with Crippen LogP contribution in [-0.4, -0.2) is 6.03 Å². The van der Waals surface area contributed by atoms with Crippen LogP contribution in [0.15, 0.2) is 83.5 Å². The van der Waals surface area contributed by atoms with Gasteiger partial charge in [0.25, 0.3) is 0 Å². The number of furan rings is 1. The maximum atomic E-state index is 12.4. The fourth-order valence-corrected chi connectivity index (χ4v) is 2.84. The van der Waals surface area contributed by atoms with Crippen molar-refractivity contribution in [2.45, 2.75) is 6.92 Å². The normalized spacial score (nSPS) is 10.6. The summed E-state index contributed by atoms with van der Waals surface area (Å²) >= 11 is 0. The van der Waals surface area contributed by atoms with Crippen LogP contribution in [-0.2, 0) is 0 Å². The molecule has 0 unspecified atom stereocenters. The molecule has 0 aliphatic heterocycles. The van der Waals surface area contributed by atoms with Gasteiger partial charge in [-0.2, -0.15) is 0 Å². The lowest BCUT2D eigenvalue weighted by Gasteiger charge is -2.12. The van der Waals surface area contributed by atoms with Crippen LogP contribution in [0.5, 0.6) is 11.5 Å². The Morgan fingerprint density at radius 3 is 2.59 bits per heavy atom. The molecule has 0 saturated carbocycles. The van der Waals surface area contributed by atoms with Gasteiger partial charge in [-0.1, -0.05) is 24.3 Å². The van der Waals surface area contributed by atoms with E-state index in [1.807, 2.05) is 79.7 Å². The molecule has 3 aromatic carbocycles. The number of anilines is 2. The van der Waals surface area contributed by atoms with Gasteiger partial charge in [0.1, 0.15) is 17.1 Å². The molecular formula is C22H18N2O3. The number of ether oxygens (including phenoxy) is 1. The number of rotatable bonds is 4. The van der Waals surface area contributed by atoms with E-state index in [0.29, 0.717) is 11.4 Å². The number of urea groups is 1. The molecule has 1 aromatic heterocycles. The highest BCUT2D eigenvalue weighted by Gasteiger charge is 2.09. The summed E-state index contributed by atoms with van der Waals surface area (Å²) in [5.41, 5.74) is 3.03. The second-order valence-corrected chi connectivity index (χ2v) is 6.11. The van der Waals surface area contributed by atoms with Gasteiger partial charge in [0, 0.05) is 11.1 Å². The minimum Gasteiger partial charge on any atom is -0.464 e. The third-order valence-electron chi connectivity index (χ3n) is 4.15. The number of aryl methyl sites for hydroxylation is 1. The van der Waals surface area contributed by atoms with Gasteiger partial charge < -0.3 is 19.8 Å². The van der Waals surface area contributed by atoms with Gasteiger partial charge in [-0.25, -0.2) is 4.79 Å². The fraction of sp³-hybridized carbons (Fsp3) is 0.0455. The second kappa shape index (κ2) is 7.25. The first-order valence-electron chi connectivity index (χ1n) is 8.57. The van der Waals surface area contributed by atoms with Gasteiger partial charge >= 0.3 is 6.03 Å². The number of benzene rings is 3. The maximum Gasteiger partial charge on any atom is 0.323 e. The molecule has 5 heteroatoms. The smallest absolute Gasteiger partial charge is 0.323 e. The molecule has 0 aliphatic carbocycles. The number of fused-ring (bicyclic) bond motifs is 1. The van der Waals surface area contributed by atoms with Crippen molar-refractivity contribution in [1.29, 1.82) is 0 Å². The van der Waals surface area contributed by atoms with Gasteiger partial charge in [0.2, 0.25) is 0 Å². The van der Waals surface area contributed by atoms with E-state index >= 15 is 0 Å². The topological polar surface area (TPSA) is 63.5 Å². The molecule has 0 bridgehead atoms. The maximum absolute atomic E-state index is 12.4. The van der Waals surface area contributed by atoms with Crippen LogP contribution in [0.4, 0.5) is 16.2 Å². The van der Waals surface area contributed by atoms with Crippen molar-refractivity contribution in [1.82, 2.24) is 0 Å². The predicted octanol–water partition coefficient (Wildman–Crippen LogP) is 6.18. The molecule has 1 heterocycles. The van der Waals surface area contributed by atoms with Crippen molar-refractivity contribution >= 4 is 28.4 Å². The third-order valence-corrected chi connectivity index (χ3v) is 4.15. The fourth-order valence-electron chi connectivity index (χ4n) is 2.84. The van der Waals surface area contributed by atoms with E-state index < -0.39 is 0 Å². The van der Waals surface area contributed by atoms with Gasteiger partial charge in [0.05, 0.1) is 12.0 Å². The lowest BCUT2D eigenvalue weighted by atomic mass is 10.2. The largest absolute Gasteiger partial charge is 0.464 e. The van der Waals surface area contributed by atoms with E-state index in [-0.39, 0.29) is 6.03 Å². The summed E-state index contributed by atoms with van der Waals surface area (Å²) in [6.07, 6.45) is 1.60.